The number of hydrogen-bond donors (Lipinski definition) is 1. The maximum atomic E-state index is 12.9. The average Bonchev–Trinajstić information content (AvgIpc) is 2.20. The molecule has 1 N–H and O–H groups in total. The van der Waals surface area contributed by atoms with E-state index in [9.17, 15) is 9.18 Å². The van der Waals surface area contributed by atoms with Crippen LogP contribution in [0.2, 0.25) is 0 Å². The number of carbonyl (C=O) groups excluding carboxylic acids is 1. The van der Waals surface area contributed by atoms with Crippen LogP contribution in [-0.4, -0.2) is 19.1 Å². The molecule has 0 saturated carbocycles. The molecule has 0 spiro atoms. The Hall–Kier alpha value is -1.58. The van der Waals surface area contributed by atoms with Crippen LogP contribution < -0.4 is 10.1 Å². The summed E-state index contributed by atoms with van der Waals surface area (Å²) in [5, 5.41) is 2.60. The van der Waals surface area contributed by atoms with Crippen molar-refractivity contribution in [3.8, 4) is 5.75 Å². The molecule has 1 amide bonds. The van der Waals surface area contributed by atoms with Crippen LogP contribution >= 0.6 is 0 Å². The van der Waals surface area contributed by atoms with E-state index < -0.39 is 0 Å². The largest absolute Gasteiger partial charge is 0.484 e. The molecule has 1 aromatic carbocycles. The van der Waals surface area contributed by atoms with Gasteiger partial charge < -0.3 is 10.1 Å². The highest BCUT2D eigenvalue weighted by atomic mass is 19.1. The second-order valence-corrected chi connectivity index (χ2v) is 3.15. The van der Waals surface area contributed by atoms with Crippen molar-refractivity contribution < 1.29 is 13.9 Å². The van der Waals surface area contributed by atoms with Gasteiger partial charge in [-0.05, 0) is 37.6 Å². The van der Waals surface area contributed by atoms with E-state index in [1.165, 1.54) is 12.1 Å². The first-order chi connectivity index (χ1) is 7.13. The standard InChI is InChI=1S/C11H14FNO2/c1-3-13-11(14)7-15-9-4-5-10(12)8(2)6-9/h4-6H,3,7H2,1-2H3,(H,13,14). The van der Waals surface area contributed by atoms with E-state index in [1.54, 1.807) is 13.0 Å². The third-order valence-electron chi connectivity index (χ3n) is 1.87. The topological polar surface area (TPSA) is 38.3 Å². The van der Waals surface area contributed by atoms with E-state index in [1.807, 2.05) is 6.92 Å². The van der Waals surface area contributed by atoms with Gasteiger partial charge in [-0.25, -0.2) is 4.39 Å². The van der Waals surface area contributed by atoms with Gasteiger partial charge in [0.2, 0.25) is 0 Å². The zero-order valence-electron chi connectivity index (χ0n) is 8.84. The van der Waals surface area contributed by atoms with Crippen molar-refractivity contribution in [2.75, 3.05) is 13.2 Å². The maximum Gasteiger partial charge on any atom is 0.257 e. The van der Waals surface area contributed by atoms with E-state index in [2.05, 4.69) is 5.32 Å². The van der Waals surface area contributed by atoms with Crippen molar-refractivity contribution >= 4 is 5.91 Å². The Labute approximate surface area is 88.2 Å². The highest BCUT2D eigenvalue weighted by Gasteiger charge is 2.02. The molecule has 0 aromatic heterocycles. The van der Waals surface area contributed by atoms with Crippen LogP contribution in [0.4, 0.5) is 4.39 Å². The fourth-order valence-electron chi connectivity index (χ4n) is 1.10. The number of amides is 1. The second-order valence-electron chi connectivity index (χ2n) is 3.15. The van der Waals surface area contributed by atoms with Crippen molar-refractivity contribution in [2.45, 2.75) is 13.8 Å². The zero-order valence-corrected chi connectivity index (χ0v) is 8.84. The fourth-order valence-corrected chi connectivity index (χ4v) is 1.10. The highest BCUT2D eigenvalue weighted by Crippen LogP contribution is 2.15. The predicted octanol–water partition coefficient (Wildman–Crippen LogP) is 1.65. The van der Waals surface area contributed by atoms with E-state index in [0.29, 0.717) is 17.9 Å². The van der Waals surface area contributed by atoms with E-state index in [0.717, 1.165) is 0 Å². The lowest BCUT2D eigenvalue weighted by Crippen LogP contribution is -2.28. The van der Waals surface area contributed by atoms with Crippen LogP contribution in [0.3, 0.4) is 0 Å². The molecule has 1 rings (SSSR count). The van der Waals surface area contributed by atoms with E-state index >= 15 is 0 Å². The number of rotatable bonds is 4. The summed E-state index contributed by atoms with van der Waals surface area (Å²) in [6.45, 7) is 4.01. The summed E-state index contributed by atoms with van der Waals surface area (Å²) in [5.41, 5.74) is 0.503. The van der Waals surface area contributed by atoms with E-state index in [-0.39, 0.29) is 18.3 Å². The summed E-state index contributed by atoms with van der Waals surface area (Å²) in [5.74, 6) is 0.0417. The highest BCUT2D eigenvalue weighted by molar-refractivity contribution is 5.77. The van der Waals surface area contributed by atoms with Gasteiger partial charge in [-0.1, -0.05) is 0 Å². The molecule has 1 aromatic rings. The maximum absolute atomic E-state index is 12.9. The van der Waals surface area contributed by atoms with Gasteiger partial charge in [-0.15, -0.1) is 0 Å². The summed E-state index contributed by atoms with van der Waals surface area (Å²) in [7, 11) is 0. The first-order valence-electron chi connectivity index (χ1n) is 4.79. The lowest BCUT2D eigenvalue weighted by Gasteiger charge is -2.06. The van der Waals surface area contributed by atoms with Crippen molar-refractivity contribution in [3.63, 3.8) is 0 Å². The minimum Gasteiger partial charge on any atom is -0.484 e. The van der Waals surface area contributed by atoms with Crippen molar-refractivity contribution in [3.05, 3.63) is 29.6 Å². The van der Waals surface area contributed by atoms with Crippen molar-refractivity contribution in [1.29, 1.82) is 0 Å². The molecule has 0 aliphatic rings. The molecule has 0 aliphatic carbocycles. The van der Waals surface area contributed by atoms with Crippen LogP contribution in [0.25, 0.3) is 0 Å². The average molecular weight is 211 g/mol. The predicted molar refractivity (Wildman–Crippen MR) is 55.3 cm³/mol. The first-order valence-corrected chi connectivity index (χ1v) is 4.79. The number of aryl methyl sites for hydroxylation is 1. The molecule has 0 saturated heterocycles. The number of carbonyl (C=O) groups is 1. The molecule has 3 nitrogen and oxygen atoms in total. The minimum absolute atomic E-state index is 0.0427. The molecule has 0 unspecified atom stereocenters. The van der Waals surface area contributed by atoms with Gasteiger partial charge in [0.15, 0.2) is 6.61 Å². The smallest absolute Gasteiger partial charge is 0.257 e. The monoisotopic (exact) mass is 211 g/mol. The number of hydrogen-bond acceptors (Lipinski definition) is 2. The summed E-state index contributed by atoms with van der Waals surface area (Å²) >= 11 is 0. The summed E-state index contributed by atoms with van der Waals surface area (Å²) in [6, 6.07) is 4.39. The number of nitrogens with one attached hydrogen (secondary N) is 1. The summed E-state index contributed by atoms with van der Waals surface area (Å²) in [6.07, 6.45) is 0. The van der Waals surface area contributed by atoms with Crippen LogP contribution in [0.5, 0.6) is 5.75 Å². The molecular formula is C11H14FNO2. The van der Waals surface area contributed by atoms with E-state index in [4.69, 9.17) is 4.74 Å². The third-order valence-corrected chi connectivity index (χ3v) is 1.87. The normalized spacial score (nSPS) is 9.80. The molecule has 0 aliphatic heterocycles. The molecule has 0 heterocycles. The van der Waals surface area contributed by atoms with Gasteiger partial charge in [-0.3, -0.25) is 4.79 Å². The Kier molecular flexibility index (Phi) is 4.09. The van der Waals surface area contributed by atoms with Gasteiger partial charge in [0.25, 0.3) is 5.91 Å². The quantitative estimate of drug-likeness (QED) is 0.822. The van der Waals surface area contributed by atoms with Crippen LogP contribution in [0, 0.1) is 12.7 Å². The van der Waals surface area contributed by atoms with Gasteiger partial charge in [-0.2, -0.15) is 0 Å². The number of ether oxygens (including phenoxy) is 1. The molecule has 0 fully saturated rings. The Balaban J connectivity index is 2.51. The molecular weight excluding hydrogens is 197 g/mol. The molecule has 4 heteroatoms. The molecule has 82 valence electrons. The van der Waals surface area contributed by atoms with Crippen molar-refractivity contribution in [2.24, 2.45) is 0 Å². The summed E-state index contributed by atoms with van der Waals surface area (Å²) in [4.78, 5) is 11.1. The van der Waals surface area contributed by atoms with Gasteiger partial charge in [0.05, 0.1) is 0 Å². The molecule has 15 heavy (non-hydrogen) atoms. The number of benzene rings is 1. The summed E-state index contributed by atoms with van der Waals surface area (Å²) < 4.78 is 18.1. The Morgan fingerprint density at radius 3 is 2.87 bits per heavy atom. The number of halogens is 1. The zero-order chi connectivity index (χ0) is 11.3. The lowest BCUT2D eigenvalue weighted by atomic mass is 10.2. The molecule has 0 atom stereocenters. The Morgan fingerprint density at radius 1 is 1.53 bits per heavy atom. The second kappa shape index (κ2) is 5.34. The van der Waals surface area contributed by atoms with Gasteiger partial charge >= 0.3 is 0 Å². The van der Waals surface area contributed by atoms with Gasteiger partial charge in [0.1, 0.15) is 11.6 Å². The molecule has 0 radical (unpaired) electrons. The van der Waals surface area contributed by atoms with Gasteiger partial charge in [0, 0.05) is 6.54 Å². The third kappa shape index (κ3) is 3.58. The van der Waals surface area contributed by atoms with Crippen LogP contribution in [0.15, 0.2) is 18.2 Å². The number of likely N-dealkylation sites (N-methyl/N-ethyl adjacent to an activating group) is 1. The fraction of sp³-hybridized carbons (Fsp3) is 0.364. The van der Waals surface area contributed by atoms with Crippen LogP contribution in [-0.2, 0) is 4.79 Å². The Morgan fingerprint density at radius 2 is 2.27 bits per heavy atom. The minimum atomic E-state index is -0.277. The van der Waals surface area contributed by atoms with Crippen molar-refractivity contribution in [1.82, 2.24) is 5.32 Å². The lowest BCUT2D eigenvalue weighted by molar-refractivity contribution is -0.122. The Bertz CT molecular complexity index is 352. The SMILES string of the molecule is CCNC(=O)COc1ccc(F)c(C)c1. The molecule has 0 bridgehead atoms. The van der Waals surface area contributed by atoms with Crippen LogP contribution in [0.1, 0.15) is 12.5 Å². The first kappa shape index (κ1) is 11.5.